The Hall–Kier alpha value is -3.35. The maximum atomic E-state index is 12.6. The van der Waals surface area contributed by atoms with E-state index in [1.54, 1.807) is 0 Å². The summed E-state index contributed by atoms with van der Waals surface area (Å²) in [5, 5.41) is 14.5. The predicted octanol–water partition coefficient (Wildman–Crippen LogP) is 3.67. The normalized spacial score (nSPS) is 16.4. The zero-order chi connectivity index (χ0) is 22.7. The first kappa shape index (κ1) is 21.9. The summed E-state index contributed by atoms with van der Waals surface area (Å²) >= 11 is 0. The number of rotatable bonds is 9. The largest absolute Gasteiger partial charge is 0.481 e. The second kappa shape index (κ2) is 9.42. The molecule has 2 aliphatic rings. The number of nitrogens with one attached hydrogen (secondary N) is 2. The molecular weight excluding hydrogens is 408 g/mol. The SMILES string of the molecule is CC(NC(=O)C(CCC(=O)O)NC(=O)OCC1c2ccccc2-c2ccccc21)C1CC1. The van der Waals surface area contributed by atoms with Gasteiger partial charge in [-0.25, -0.2) is 4.79 Å². The number of hydrogen-bond donors (Lipinski definition) is 3. The molecule has 168 valence electrons. The summed E-state index contributed by atoms with van der Waals surface area (Å²) in [6.45, 7) is 2.06. The average molecular weight is 437 g/mol. The lowest BCUT2D eigenvalue weighted by Gasteiger charge is -2.21. The van der Waals surface area contributed by atoms with E-state index in [2.05, 4.69) is 22.8 Å². The number of alkyl carbamates (subject to hydrolysis) is 1. The highest BCUT2D eigenvalue weighted by molar-refractivity contribution is 5.86. The molecule has 0 radical (unpaired) electrons. The van der Waals surface area contributed by atoms with Crippen molar-refractivity contribution in [2.24, 2.45) is 5.92 Å². The Morgan fingerprint density at radius 1 is 1.00 bits per heavy atom. The van der Waals surface area contributed by atoms with Gasteiger partial charge in [-0.05, 0) is 54.4 Å². The fourth-order valence-corrected chi connectivity index (χ4v) is 4.36. The number of carbonyl (C=O) groups is 3. The van der Waals surface area contributed by atoms with Crippen LogP contribution < -0.4 is 10.6 Å². The van der Waals surface area contributed by atoms with E-state index in [0.29, 0.717) is 5.92 Å². The Bertz CT molecular complexity index is 971. The number of ether oxygens (including phenoxy) is 1. The molecule has 3 N–H and O–H groups in total. The second-order valence-corrected chi connectivity index (χ2v) is 8.59. The molecule has 0 heterocycles. The molecular formula is C25H28N2O5. The predicted molar refractivity (Wildman–Crippen MR) is 119 cm³/mol. The molecule has 0 aliphatic heterocycles. The highest BCUT2D eigenvalue weighted by Crippen LogP contribution is 2.44. The van der Waals surface area contributed by atoms with E-state index in [9.17, 15) is 14.4 Å². The lowest BCUT2D eigenvalue weighted by Crippen LogP contribution is -2.50. The Kier molecular flexibility index (Phi) is 6.44. The highest BCUT2D eigenvalue weighted by atomic mass is 16.5. The smallest absolute Gasteiger partial charge is 0.407 e. The van der Waals surface area contributed by atoms with Crippen LogP contribution in [-0.2, 0) is 14.3 Å². The van der Waals surface area contributed by atoms with Gasteiger partial charge in [-0.2, -0.15) is 0 Å². The molecule has 2 atom stereocenters. The first-order valence-corrected chi connectivity index (χ1v) is 11.1. The quantitative estimate of drug-likeness (QED) is 0.556. The molecule has 2 aliphatic carbocycles. The summed E-state index contributed by atoms with van der Waals surface area (Å²) < 4.78 is 5.51. The van der Waals surface area contributed by atoms with Crippen LogP contribution in [0.25, 0.3) is 11.1 Å². The van der Waals surface area contributed by atoms with Crippen molar-refractivity contribution in [1.29, 1.82) is 0 Å². The van der Waals surface area contributed by atoms with Gasteiger partial charge in [0.25, 0.3) is 0 Å². The third-order valence-electron chi connectivity index (χ3n) is 6.30. The van der Waals surface area contributed by atoms with Gasteiger partial charge in [0.05, 0.1) is 0 Å². The summed E-state index contributed by atoms with van der Waals surface area (Å²) in [6.07, 6.45) is 1.20. The topological polar surface area (TPSA) is 105 Å². The number of carboxylic acid groups (broad SMARTS) is 1. The molecule has 0 spiro atoms. The van der Waals surface area contributed by atoms with Gasteiger partial charge in [0.2, 0.25) is 5.91 Å². The zero-order valence-electron chi connectivity index (χ0n) is 18.0. The molecule has 2 unspecified atom stereocenters. The Labute approximate surface area is 187 Å². The molecule has 0 aromatic heterocycles. The molecule has 7 heteroatoms. The van der Waals surface area contributed by atoms with Crippen molar-refractivity contribution < 1.29 is 24.2 Å². The van der Waals surface area contributed by atoms with Crippen molar-refractivity contribution in [3.63, 3.8) is 0 Å². The Morgan fingerprint density at radius 2 is 1.59 bits per heavy atom. The number of hydrogen-bond acceptors (Lipinski definition) is 4. The molecule has 0 bridgehead atoms. The van der Waals surface area contributed by atoms with Crippen LogP contribution in [0.1, 0.15) is 49.7 Å². The fraction of sp³-hybridized carbons (Fsp3) is 0.400. The van der Waals surface area contributed by atoms with Gasteiger partial charge >= 0.3 is 12.1 Å². The standard InChI is InChI=1S/C25H28N2O5/c1-15(16-10-11-16)26-24(30)22(12-13-23(28)29)27-25(31)32-14-21-19-8-4-2-6-17(19)18-7-3-5-9-20(18)21/h2-9,15-16,21-22H,10-14H2,1H3,(H,26,30)(H,27,31)(H,28,29). The summed E-state index contributed by atoms with van der Waals surface area (Å²) in [7, 11) is 0. The highest BCUT2D eigenvalue weighted by Gasteiger charge is 2.32. The number of amides is 2. The molecule has 2 aromatic rings. The van der Waals surface area contributed by atoms with Crippen molar-refractivity contribution in [3.05, 3.63) is 59.7 Å². The number of fused-ring (bicyclic) bond motifs is 3. The van der Waals surface area contributed by atoms with Gasteiger partial charge in [-0.15, -0.1) is 0 Å². The van der Waals surface area contributed by atoms with Crippen molar-refractivity contribution in [2.75, 3.05) is 6.61 Å². The van der Waals surface area contributed by atoms with E-state index in [4.69, 9.17) is 9.84 Å². The van der Waals surface area contributed by atoms with Crippen LogP contribution in [0.2, 0.25) is 0 Å². The van der Waals surface area contributed by atoms with Gasteiger partial charge in [0.1, 0.15) is 12.6 Å². The van der Waals surface area contributed by atoms with E-state index in [1.807, 2.05) is 43.3 Å². The van der Waals surface area contributed by atoms with Crippen LogP contribution in [0.3, 0.4) is 0 Å². The van der Waals surface area contributed by atoms with Crippen LogP contribution in [-0.4, -0.2) is 41.8 Å². The molecule has 2 amide bonds. The minimum Gasteiger partial charge on any atom is -0.481 e. The zero-order valence-corrected chi connectivity index (χ0v) is 18.0. The van der Waals surface area contributed by atoms with Gasteiger partial charge in [0, 0.05) is 18.4 Å². The van der Waals surface area contributed by atoms with Gasteiger partial charge in [-0.3, -0.25) is 9.59 Å². The van der Waals surface area contributed by atoms with Crippen molar-refractivity contribution >= 4 is 18.0 Å². The van der Waals surface area contributed by atoms with Crippen LogP contribution in [0, 0.1) is 5.92 Å². The maximum absolute atomic E-state index is 12.6. The van der Waals surface area contributed by atoms with Crippen molar-refractivity contribution in [1.82, 2.24) is 10.6 Å². The Morgan fingerprint density at radius 3 is 2.16 bits per heavy atom. The van der Waals surface area contributed by atoms with Crippen LogP contribution >= 0.6 is 0 Å². The first-order chi connectivity index (χ1) is 15.4. The minimum atomic E-state index is -1.02. The van der Waals surface area contributed by atoms with E-state index < -0.39 is 18.1 Å². The van der Waals surface area contributed by atoms with E-state index in [1.165, 1.54) is 0 Å². The lowest BCUT2D eigenvalue weighted by molar-refractivity contribution is -0.137. The summed E-state index contributed by atoms with van der Waals surface area (Å²) in [4.78, 5) is 36.2. The number of carboxylic acids is 1. The molecule has 1 saturated carbocycles. The number of aliphatic carboxylic acids is 1. The minimum absolute atomic E-state index is 0.000796. The molecule has 7 nitrogen and oxygen atoms in total. The van der Waals surface area contributed by atoms with Gasteiger partial charge < -0.3 is 20.5 Å². The Balaban J connectivity index is 1.39. The summed E-state index contributed by atoms with van der Waals surface area (Å²) in [6, 6.07) is 15.1. The van der Waals surface area contributed by atoms with Crippen molar-refractivity contribution in [3.8, 4) is 11.1 Å². The maximum Gasteiger partial charge on any atom is 0.407 e. The van der Waals surface area contributed by atoms with Crippen molar-refractivity contribution in [2.45, 2.75) is 50.6 Å². The number of carbonyl (C=O) groups excluding carboxylic acids is 2. The number of benzene rings is 2. The molecule has 2 aromatic carbocycles. The third kappa shape index (κ3) is 4.93. The fourth-order valence-electron chi connectivity index (χ4n) is 4.36. The second-order valence-electron chi connectivity index (χ2n) is 8.59. The molecule has 4 rings (SSSR count). The summed E-state index contributed by atoms with van der Waals surface area (Å²) in [5.41, 5.74) is 4.45. The first-order valence-electron chi connectivity index (χ1n) is 11.1. The third-order valence-corrected chi connectivity index (χ3v) is 6.30. The van der Waals surface area contributed by atoms with Gasteiger partial charge in [0.15, 0.2) is 0 Å². The molecule has 0 saturated heterocycles. The van der Waals surface area contributed by atoms with E-state index in [0.717, 1.165) is 35.1 Å². The average Bonchev–Trinajstić information content (AvgIpc) is 3.58. The van der Waals surface area contributed by atoms with Crippen LogP contribution in [0.4, 0.5) is 4.79 Å². The van der Waals surface area contributed by atoms with E-state index >= 15 is 0 Å². The lowest BCUT2D eigenvalue weighted by atomic mass is 9.98. The molecule has 32 heavy (non-hydrogen) atoms. The van der Waals surface area contributed by atoms with Crippen LogP contribution in [0.5, 0.6) is 0 Å². The summed E-state index contributed by atoms with van der Waals surface area (Å²) in [5.74, 6) is -1.03. The van der Waals surface area contributed by atoms with E-state index in [-0.39, 0.29) is 37.3 Å². The van der Waals surface area contributed by atoms with Gasteiger partial charge in [-0.1, -0.05) is 48.5 Å². The molecule has 1 fully saturated rings. The van der Waals surface area contributed by atoms with Crippen LogP contribution in [0.15, 0.2) is 48.5 Å². The monoisotopic (exact) mass is 436 g/mol.